The Kier molecular flexibility index (Phi) is 7.30. The largest absolute Gasteiger partial charge is 0.396 e. The summed E-state index contributed by atoms with van der Waals surface area (Å²) in [6.07, 6.45) is 2.78. The van der Waals surface area contributed by atoms with Crippen molar-refractivity contribution in [3.63, 3.8) is 0 Å². The molecule has 128 valence electrons. The Morgan fingerprint density at radius 1 is 1.43 bits per heavy atom. The van der Waals surface area contributed by atoms with Gasteiger partial charge in [0.25, 0.3) is 0 Å². The van der Waals surface area contributed by atoms with Crippen LogP contribution in [0.5, 0.6) is 0 Å². The van der Waals surface area contributed by atoms with E-state index in [1.807, 2.05) is 19.1 Å². The Morgan fingerprint density at radius 3 is 2.87 bits per heavy atom. The number of aliphatic hydroxyl groups is 1. The van der Waals surface area contributed by atoms with E-state index in [1.54, 1.807) is 6.07 Å². The molecular formula is C17H25ClN2O3. The number of nitrogens with one attached hydrogen (secondary N) is 1. The second-order valence-corrected chi connectivity index (χ2v) is 6.37. The van der Waals surface area contributed by atoms with Crippen molar-refractivity contribution in [2.24, 2.45) is 0 Å². The lowest BCUT2D eigenvalue weighted by Crippen LogP contribution is -2.41. The minimum absolute atomic E-state index is 0.0185. The lowest BCUT2D eigenvalue weighted by Gasteiger charge is -2.31. The number of ether oxygens (including phenoxy) is 1. The first-order valence-electron chi connectivity index (χ1n) is 8.09. The summed E-state index contributed by atoms with van der Waals surface area (Å²) >= 11 is 5.97. The van der Waals surface area contributed by atoms with E-state index in [0.717, 1.165) is 37.2 Å². The molecule has 0 saturated carbocycles. The van der Waals surface area contributed by atoms with Gasteiger partial charge >= 0.3 is 0 Å². The third kappa shape index (κ3) is 6.11. The number of hydrogen-bond acceptors (Lipinski definition) is 4. The van der Waals surface area contributed by atoms with Crippen LogP contribution in [0, 0.1) is 6.92 Å². The van der Waals surface area contributed by atoms with Crippen LogP contribution in [0.1, 0.15) is 24.8 Å². The lowest BCUT2D eigenvalue weighted by molar-refractivity contribution is -0.118. The Morgan fingerprint density at radius 2 is 2.17 bits per heavy atom. The highest BCUT2D eigenvalue weighted by Crippen LogP contribution is 2.20. The molecular weight excluding hydrogens is 316 g/mol. The van der Waals surface area contributed by atoms with Gasteiger partial charge in [-0.25, -0.2) is 0 Å². The van der Waals surface area contributed by atoms with Crippen molar-refractivity contribution in [1.82, 2.24) is 4.90 Å². The van der Waals surface area contributed by atoms with Crippen LogP contribution in [0.4, 0.5) is 5.69 Å². The molecule has 0 radical (unpaired) electrons. The van der Waals surface area contributed by atoms with Crippen LogP contribution in [0.25, 0.3) is 0 Å². The van der Waals surface area contributed by atoms with Gasteiger partial charge in [0.15, 0.2) is 0 Å². The van der Waals surface area contributed by atoms with E-state index in [2.05, 4.69) is 10.2 Å². The first-order chi connectivity index (χ1) is 11.1. The van der Waals surface area contributed by atoms with Crippen LogP contribution >= 0.6 is 11.6 Å². The van der Waals surface area contributed by atoms with E-state index in [0.29, 0.717) is 24.6 Å². The zero-order valence-electron chi connectivity index (χ0n) is 13.6. The molecule has 1 aromatic rings. The van der Waals surface area contributed by atoms with Crippen molar-refractivity contribution < 1.29 is 14.6 Å². The quantitative estimate of drug-likeness (QED) is 0.748. The Balaban J connectivity index is 1.73. The van der Waals surface area contributed by atoms with Gasteiger partial charge in [-0.15, -0.1) is 0 Å². The van der Waals surface area contributed by atoms with Gasteiger partial charge in [-0.2, -0.15) is 0 Å². The third-order valence-corrected chi connectivity index (χ3v) is 4.27. The summed E-state index contributed by atoms with van der Waals surface area (Å²) in [4.78, 5) is 14.3. The fourth-order valence-electron chi connectivity index (χ4n) is 2.67. The number of anilines is 1. The molecule has 1 heterocycles. The number of piperidine rings is 1. The molecule has 1 amide bonds. The predicted molar refractivity (Wildman–Crippen MR) is 91.9 cm³/mol. The highest BCUT2D eigenvalue weighted by molar-refractivity contribution is 6.31. The maximum atomic E-state index is 12.2. The number of likely N-dealkylation sites (tertiary alicyclic amines) is 1. The summed E-state index contributed by atoms with van der Waals surface area (Å²) in [6, 6.07) is 5.48. The molecule has 5 nitrogen and oxygen atoms in total. The average Bonchev–Trinajstić information content (AvgIpc) is 2.53. The maximum absolute atomic E-state index is 12.2. The van der Waals surface area contributed by atoms with Crippen LogP contribution in [-0.2, 0) is 9.53 Å². The van der Waals surface area contributed by atoms with Crippen LogP contribution in [0.3, 0.4) is 0 Å². The van der Waals surface area contributed by atoms with Crippen molar-refractivity contribution in [3.8, 4) is 0 Å². The SMILES string of the molecule is Cc1ccc(Cl)cc1NC(=O)CN1CCC(OCCCO)CC1. The van der Waals surface area contributed by atoms with Gasteiger partial charge in [0.2, 0.25) is 5.91 Å². The molecule has 0 unspecified atom stereocenters. The van der Waals surface area contributed by atoms with E-state index in [9.17, 15) is 4.79 Å². The first-order valence-corrected chi connectivity index (χ1v) is 8.47. The molecule has 1 aliphatic rings. The summed E-state index contributed by atoms with van der Waals surface area (Å²) in [5.74, 6) is -0.0185. The topological polar surface area (TPSA) is 61.8 Å². The number of hydrogen-bond donors (Lipinski definition) is 2. The molecule has 1 aliphatic heterocycles. The Labute approximate surface area is 142 Å². The van der Waals surface area contributed by atoms with Crippen LogP contribution < -0.4 is 5.32 Å². The summed E-state index contributed by atoms with van der Waals surface area (Å²) in [6.45, 7) is 4.81. The fourth-order valence-corrected chi connectivity index (χ4v) is 2.84. The minimum atomic E-state index is -0.0185. The van der Waals surface area contributed by atoms with Gasteiger partial charge in [-0.3, -0.25) is 9.69 Å². The van der Waals surface area contributed by atoms with Crippen molar-refractivity contribution in [2.75, 3.05) is 38.2 Å². The van der Waals surface area contributed by atoms with Crippen molar-refractivity contribution in [1.29, 1.82) is 0 Å². The number of aryl methyl sites for hydroxylation is 1. The molecule has 0 atom stereocenters. The number of carbonyl (C=O) groups excluding carboxylic acids is 1. The number of aliphatic hydroxyl groups excluding tert-OH is 1. The van der Waals surface area contributed by atoms with Gasteiger partial charge in [-0.05, 0) is 43.9 Å². The van der Waals surface area contributed by atoms with Gasteiger partial charge < -0.3 is 15.2 Å². The molecule has 1 aromatic carbocycles. The highest BCUT2D eigenvalue weighted by Gasteiger charge is 2.21. The smallest absolute Gasteiger partial charge is 0.238 e. The van der Waals surface area contributed by atoms with E-state index in [1.165, 1.54) is 0 Å². The standard InChI is InChI=1S/C17H25ClN2O3/c1-13-3-4-14(18)11-16(13)19-17(22)12-20-7-5-15(6-8-20)23-10-2-9-21/h3-4,11,15,21H,2,5-10,12H2,1H3,(H,19,22). The maximum Gasteiger partial charge on any atom is 0.238 e. The van der Waals surface area contributed by atoms with Crippen molar-refractivity contribution in [2.45, 2.75) is 32.3 Å². The first kappa shape index (κ1) is 18.2. The van der Waals surface area contributed by atoms with Crippen LogP contribution in [0.2, 0.25) is 5.02 Å². The predicted octanol–water partition coefficient (Wildman–Crippen LogP) is 2.45. The number of carbonyl (C=O) groups is 1. The number of rotatable bonds is 7. The lowest BCUT2D eigenvalue weighted by atomic mass is 10.1. The van der Waals surface area contributed by atoms with Gasteiger partial charge in [0, 0.05) is 37.0 Å². The van der Waals surface area contributed by atoms with Gasteiger partial charge in [0.1, 0.15) is 0 Å². The molecule has 23 heavy (non-hydrogen) atoms. The number of halogens is 1. The zero-order chi connectivity index (χ0) is 16.7. The monoisotopic (exact) mass is 340 g/mol. The number of nitrogens with zero attached hydrogens (tertiary/aromatic N) is 1. The molecule has 1 saturated heterocycles. The Bertz CT molecular complexity index is 517. The van der Waals surface area contributed by atoms with E-state index in [4.69, 9.17) is 21.4 Å². The second-order valence-electron chi connectivity index (χ2n) is 5.93. The summed E-state index contributed by atoms with van der Waals surface area (Å²) in [5, 5.41) is 12.3. The minimum Gasteiger partial charge on any atom is -0.396 e. The van der Waals surface area contributed by atoms with Crippen molar-refractivity contribution >= 4 is 23.2 Å². The van der Waals surface area contributed by atoms with E-state index >= 15 is 0 Å². The van der Waals surface area contributed by atoms with Gasteiger partial charge in [-0.1, -0.05) is 17.7 Å². The molecule has 0 aromatic heterocycles. The molecule has 6 heteroatoms. The second kappa shape index (κ2) is 9.23. The molecule has 2 N–H and O–H groups in total. The molecule has 1 fully saturated rings. The number of amides is 1. The zero-order valence-corrected chi connectivity index (χ0v) is 14.3. The average molecular weight is 341 g/mol. The molecule has 0 bridgehead atoms. The van der Waals surface area contributed by atoms with Crippen LogP contribution in [-0.4, -0.2) is 54.9 Å². The van der Waals surface area contributed by atoms with Crippen molar-refractivity contribution in [3.05, 3.63) is 28.8 Å². The molecule has 0 spiro atoms. The summed E-state index contributed by atoms with van der Waals surface area (Å²) < 4.78 is 5.70. The number of benzene rings is 1. The highest BCUT2D eigenvalue weighted by atomic mass is 35.5. The Hall–Kier alpha value is -1.14. The van der Waals surface area contributed by atoms with Gasteiger partial charge in [0.05, 0.1) is 12.6 Å². The molecule has 0 aliphatic carbocycles. The summed E-state index contributed by atoms with van der Waals surface area (Å²) in [7, 11) is 0. The molecule has 2 rings (SSSR count). The fraction of sp³-hybridized carbons (Fsp3) is 0.588. The summed E-state index contributed by atoms with van der Waals surface area (Å²) in [5.41, 5.74) is 1.77. The van der Waals surface area contributed by atoms with Crippen LogP contribution in [0.15, 0.2) is 18.2 Å². The third-order valence-electron chi connectivity index (χ3n) is 4.03. The normalized spacial score (nSPS) is 16.5. The van der Waals surface area contributed by atoms with E-state index in [-0.39, 0.29) is 18.6 Å². The van der Waals surface area contributed by atoms with E-state index < -0.39 is 0 Å².